The van der Waals surface area contributed by atoms with E-state index < -0.39 is 18.0 Å². The minimum Gasteiger partial charge on any atom is -0.326 e. The predicted molar refractivity (Wildman–Crippen MR) is 144 cm³/mol. The summed E-state index contributed by atoms with van der Waals surface area (Å²) in [6.45, 7) is 0. The van der Waals surface area contributed by atoms with Crippen LogP contribution in [0, 0.1) is 0 Å². The second kappa shape index (κ2) is 11.6. The summed E-state index contributed by atoms with van der Waals surface area (Å²) in [6.07, 6.45) is 0.266. The minimum atomic E-state index is -0.893. The fourth-order valence-corrected chi connectivity index (χ4v) is 4.52. The fraction of sp³-hybridized carbons (Fsp3) is 0.0833. The highest BCUT2D eigenvalue weighted by molar-refractivity contribution is 9.10. The van der Waals surface area contributed by atoms with E-state index in [1.54, 1.807) is 18.2 Å². The summed E-state index contributed by atoms with van der Waals surface area (Å²) in [7, 11) is 0. The number of carbonyl (C=O) groups excluding carboxylic acids is 2. The molecule has 1 aromatic heterocycles. The molecule has 0 saturated heterocycles. The molecule has 3 aromatic carbocycles. The van der Waals surface area contributed by atoms with Crippen molar-refractivity contribution < 1.29 is 9.59 Å². The van der Waals surface area contributed by atoms with E-state index in [2.05, 4.69) is 42.1 Å². The zero-order valence-corrected chi connectivity index (χ0v) is 21.9. The number of amides is 3. The molecular weight excluding hydrogens is 573 g/mol. The Hall–Kier alpha value is -2.98. The molecule has 0 unspecified atom stereocenters. The first-order valence-electron chi connectivity index (χ1n) is 10.3. The number of aromatic nitrogens is 2. The van der Waals surface area contributed by atoms with E-state index >= 15 is 0 Å². The molecule has 3 amide bonds. The van der Waals surface area contributed by atoms with Gasteiger partial charge in [-0.25, -0.2) is 4.79 Å². The smallest absolute Gasteiger partial charge is 0.319 e. The molecule has 178 valence electrons. The first-order valence-corrected chi connectivity index (χ1v) is 12.7. The number of hydrogen-bond donors (Lipinski definition) is 3. The van der Waals surface area contributed by atoms with E-state index in [0.29, 0.717) is 20.8 Å². The maximum absolute atomic E-state index is 13.1. The molecular formula is C24H18BrCl2N5O2S. The number of nitrogens with one attached hydrogen (secondary N) is 3. The van der Waals surface area contributed by atoms with Crippen LogP contribution in [0.2, 0.25) is 10.0 Å². The van der Waals surface area contributed by atoms with Gasteiger partial charge in [0.2, 0.25) is 11.0 Å². The standard InChI is InChI=1S/C24H18BrCl2N5O2S/c25-16-11-9-15(10-12-16)22-31-32-24(35-22)30-21(33)19(13-14-5-2-1-3-6-14)29-23(34)28-18-8-4-7-17(26)20(18)27/h1-12,19H,13H2,(H2,28,29,34)(H,30,32,33)/t19-/m0/s1. The number of halogens is 3. The number of hydrogen-bond acceptors (Lipinski definition) is 5. The number of anilines is 2. The van der Waals surface area contributed by atoms with Crippen LogP contribution in [0.4, 0.5) is 15.6 Å². The van der Waals surface area contributed by atoms with E-state index in [0.717, 1.165) is 15.6 Å². The monoisotopic (exact) mass is 589 g/mol. The SMILES string of the molecule is O=C(Nc1cccc(Cl)c1Cl)N[C@@H](Cc1ccccc1)C(=O)Nc1nnc(-c2ccc(Br)cc2)s1. The molecule has 0 aliphatic carbocycles. The molecule has 4 aromatic rings. The number of carbonyl (C=O) groups is 2. The average Bonchev–Trinajstić information content (AvgIpc) is 3.31. The van der Waals surface area contributed by atoms with Gasteiger partial charge in [0.1, 0.15) is 11.0 Å². The molecule has 1 heterocycles. The van der Waals surface area contributed by atoms with Crippen LogP contribution in [0.25, 0.3) is 10.6 Å². The van der Waals surface area contributed by atoms with Gasteiger partial charge < -0.3 is 10.6 Å². The van der Waals surface area contributed by atoms with Crippen LogP contribution in [-0.2, 0) is 11.2 Å². The Morgan fingerprint density at radius 1 is 0.914 bits per heavy atom. The maximum atomic E-state index is 13.1. The predicted octanol–water partition coefficient (Wildman–Crippen LogP) is 6.65. The highest BCUT2D eigenvalue weighted by Gasteiger charge is 2.23. The maximum Gasteiger partial charge on any atom is 0.319 e. The van der Waals surface area contributed by atoms with Crippen molar-refractivity contribution in [1.29, 1.82) is 0 Å². The molecule has 0 spiro atoms. The molecule has 0 radical (unpaired) electrons. The van der Waals surface area contributed by atoms with Crippen LogP contribution >= 0.6 is 50.5 Å². The lowest BCUT2D eigenvalue weighted by Gasteiger charge is -2.18. The highest BCUT2D eigenvalue weighted by atomic mass is 79.9. The van der Waals surface area contributed by atoms with Crippen LogP contribution in [0.15, 0.2) is 77.3 Å². The molecule has 0 aliphatic rings. The van der Waals surface area contributed by atoms with Gasteiger partial charge in [-0.05, 0) is 29.8 Å². The third kappa shape index (κ3) is 6.79. The number of urea groups is 1. The second-order valence-electron chi connectivity index (χ2n) is 7.35. The molecule has 3 N–H and O–H groups in total. The van der Waals surface area contributed by atoms with Crippen molar-refractivity contribution in [3.8, 4) is 10.6 Å². The summed E-state index contributed by atoms with van der Waals surface area (Å²) in [5.74, 6) is -0.431. The van der Waals surface area contributed by atoms with Crippen LogP contribution in [0.3, 0.4) is 0 Å². The Bertz CT molecular complexity index is 1340. The van der Waals surface area contributed by atoms with E-state index in [4.69, 9.17) is 23.2 Å². The Kier molecular flexibility index (Phi) is 8.35. The van der Waals surface area contributed by atoms with Gasteiger partial charge in [0, 0.05) is 16.5 Å². The summed E-state index contributed by atoms with van der Waals surface area (Å²) in [5, 5.41) is 17.9. The first kappa shape index (κ1) is 25.1. The van der Waals surface area contributed by atoms with E-state index in [1.807, 2.05) is 54.6 Å². The van der Waals surface area contributed by atoms with Crippen LogP contribution in [0.1, 0.15) is 5.56 Å². The molecule has 1 atom stereocenters. The molecule has 0 bridgehead atoms. The number of nitrogens with zero attached hydrogens (tertiary/aromatic N) is 2. The van der Waals surface area contributed by atoms with E-state index in [1.165, 1.54) is 11.3 Å². The molecule has 0 saturated carbocycles. The molecule has 11 heteroatoms. The summed E-state index contributed by atoms with van der Waals surface area (Å²) in [5.41, 5.74) is 2.09. The van der Waals surface area contributed by atoms with Gasteiger partial charge in [-0.1, -0.05) is 99.0 Å². The Morgan fingerprint density at radius 3 is 2.40 bits per heavy atom. The zero-order chi connectivity index (χ0) is 24.8. The molecule has 4 rings (SSSR count). The minimum absolute atomic E-state index is 0.211. The lowest BCUT2D eigenvalue weighted by atomic mass is 10.1. The van der Waals surface area contributed by atoms with Crippen molar-refractivity contribution in [3.05, 3.63) is 92.9 Å². The van der Waals surface area contributed by atoms with Crippen molar-refractivity contribution >= 4 is 73.2 Å². The molecule has 0 fully saturated rings. The number of benzene rings is 3. The lowest BCUT2D eigenvalue weighted by molar-refractivity contribution is -0.117. The van der Waals surface area contributed by atoms with Crippen LogP contribution in [0.5, 0.6) is 0 Å². The Balaban J connectivity index is 1.48. The van der Waals surface area contributed by atoms with Crippen molar-refractivity contribution in [2.24, 2.45) is 0 Å². The fourth-order valence-electron chi connectivity index (χ4n) is 3.15. The topological polar surface area (TPSA) is 96.0 Å². The van der Waals surface area contributed by atoms with Crippen LogP contribution in [-0.4, -0.2) is 28.2 Å². The first-order chi connectivity index (χ1) is 16.9. The highest BCUT2D eigenvalue weighted by Crippen LogP contribution is 2.30. The van der Waals surface area contributed by atoms with Crippen molar-refractivity contribution in [1.82, 2.24) is 15.5 Å². The average molecular weight is 591 g/mol. The number of rotatable bonds is 7. The van der Waals surface area contributed by atoms with Crippen molar-refractivity contribution in [2.45, 2.75) is 12.5 Å². The van der Waals surface area contributed by atoms with Crippen LogP contribution < -0.4 is 16.0 Å². The van der Waals surface area contributed by atoms with Gasteiger partial charge in [-0.2, -0.15) is 0 Å². The molecule has 7 nitrogen and oxygen atoms in total. The third-order valence-electron chi connectivity index (χ3n) is 4.85. The van der Waals surface area contributed by atoms with Gasteiger partial charge in [-0.15, -0.1) is 10.2 Å². The van der Waals surface area contributed by atoms with Gasteiger partial charge in [-0.3, -0.25) is 10.1 Å². The lowest BCUT2D eigenvalue weighted by Crippen LogP contribution is -2.47. The summed E-state index contributed by atoms with van der Waals surface area (Å²) in [4.78, 5) is 25.9. The van der Waals surface area contributed by atoms with Gasteiger partial charge >= 0.3 is 6.03 Å². The van der Waals surface area contributed by atoms with Crippen molar-refractivity contribution in [2.75, 3.05) is 10.6 Å². The van der Waals surface area contributed by atoms with Gasteiger partial charge in [0.15, 0.2) is 0 Å². The summed E-state index contributed by atoms with van der Waals surface area (Å²) in [6, 6.07) is 20.4. The quantitative estimate of drug-likeness (QED) is 0.225. The van der Waals surface area contributed by atoms with E-state index in [9.17, 15) is 9.59 Å². The van der Waals surface area contributed by atoms with Crippen molar-refractivity contribution in [3.63, 3.8) is 0 Å². The summed E-state index contributed by atoms with van der Waals surface area (Å²) >= 11 is 16.8. The largest absolute Gasteiger partial charge is 0.326 e. The molecule has 35 heavy (non-hydrogen) atoms. The normalized spacial score (nSPS) is 11.5. The zero-order valence-electron chi connectivity index (χ0n) is 18.0. The summed E-state index contributed by atoms with van der Waals surface area (Å²) < 4.78 is 0.950. The Labute approximate surface area is 224 Å². The third-order valence-corrected chi connectivity index (χ3v) is 7.09. The second-order valence-corrected chi connectivity index (χ2v) is 10.0. The Morgan fingerprint density at radius 2 is 1.66 bits per heavy atom. The molecule has 0 aliphatic heterocycles. The van der Waals surface area contributed by atoms with Gasteiger partial charge in [0.05, 0.1) is 15.7 Å². The van der Waals surface area contributed by atoms with E-state index in [-0.39, 0.29) is 11.4 Å². The van der Waals surface area contributed by atoms with Gasteiger partial charge in [0.25, 0.3) is 0 Å².